The van der Waals surface area contributed by atoms with Gasteiger partial charge in [0.2, 0.25) is 11.9 Å². The summed E-state index contributed by atoms with van der Waals surface area (Å²) in [6.07, 6.45) is 1.57. The molecule has 1 aromatic heterocycles. The van der Waals surface area contributed by atoms with Gasteiger partial charge in [-0.3, -0.25) is 4.79 Å². The number of carbonyl (C=O) groups excluding carboxylic acids is 1. The predicted molar refractivity (Wildman–Crippen MR) is 71.2 cm³/mol. The second kappa shape index (κ2) is 4.54. The van der Waals surface area contributed by atoms with E-state index in [1.165, 1.54) is 0 Å². The number of nitrogens with two attached hydrogens (primary N) is 2. The Bertz CT molecular complexity index is 506. The Morgan fingerprint density at radius 2 is 2.21 bits per heavy atom. The van der Waals surface area contributed by atoms with E-state index in [4.69, 9.17) is 11.6 Å². The molecule has 0 spiro atoms. The third-order valence-electron chi connectivity index (χ3n) is 3.70. The van der Waals surface area contributed by atoms with Crippen LogP contribution in [0.4, 0.5) is 17.6 Å². The highest BCUT2D eigenvalue weighted by atomic mass is 16.2. The van der Waals surface area contributed by atoms with Crippen molar-refractivity contribution in [1.82, 2.24) is 14.9 Å². The van der Waals surface area contributed by atoms with Crippen LogP contribution in [0.1, 0.15) is 12.8 Å². The molecule has 0 radical (unpaired) electrons. The molecule has 1 amide bonds. The van der Waals surface area contributed by atoms with Crippen molar-refractivity contribution in [2.45, 2.75) is 18.9 Å². The van der Waals surface area contributed by atoms with E-state index in [-0.39, 0.29) is 17.9 Å². The maximum atomic E-state index is 11.6. The molecule has 3 heterocycles. The zero-order valence-electron chi connectivity index (χ0n) is 10.5. The first-order valence-electron chi connectivity index (χ1n) is 6.33. The van der Waals surface area contributed by atoms with Crippen molar-refractivity contribution >= 4 is 23.5 Å². The van der Waals surface area contributed by atoms with Crippen LogP contribution in [0.3, 0.4) is 0 Å². The molecule has 2 aliphatic heterocycles. The number of anilines is 3. The molecule has 2 aliphatic rings. The summed E-state index contributed by atoms with van der Waals surface area (Å²) in [5, 5.41) is 0. The Morgan fingerprint density at radius 1 is 1.37 bits per heavy atom. The SMILES string of the molecule is NNc1cc(N2CCN3C(=O)CCC3C2)nc(N)n1. The molecular weight excluding hydrogens is 246 g/mol. The Hall–Kier alpha value is -2.09. The number of hydrogen-bond donors (Lipinski definition) is 3. The van der Waals surface area contributed by atoms with Crippen molar-refractivity contribution in [1.29, 1.82) is 0 Å². The van der Waals surface area contributed by atoms with E-state index >= 15 is 0 Å². The average Bonchev–Trinajstić information content (AvgIpc) is 2.79. The lowest BCUT2D eigenvalue weighted by Crippen LogP contribution is -2.51. The van der Waals surface area contributed by atoms with Crippen molar-refractivity contribution in [2.75, 3.05) is 35.7 Å². The summed E-state index contributed by atoms with van der Waals surface area (Å²) in [5.41, 5.74) is 8.14. The van der Waals surface area contributed by atoms with E-state index in [9.17, 15) is 4.79 Å². The third-order valence-corrected chi connectivity index (χ3v) is 3.70. The average molecular weight is 263 g/mol. The summed E-state index contributed by atoms with van der Waals surface area (Å²) in [7, 11) is 0. The maximum Gasteiger partial charge on any atom is 0.223 e. The van der Waals surface area contributed by atoms with Crippen LogP contribution in [-0.2, 0) is 4.79 Å². The molecule has 1 unspecified atom stereocenters. The van der Waals surface area contributed by atoms with Crippen molar-refractivity contribution in [3.05, 3.63) is 6.07 Å². The lowest BCUT2D eigenvalue weighted by Gasteiger charge is -2.38. The topological polar surface area (TPSA) is 113 Å². The van der Waals surface area contributed by atoms with E-state index in [1.807, 2.05) is 4.90 Å². The summed E-state index contributed by atoms with van der Waals surface area (Å²) < 4.78 is 0. The van der Waals surface area contributed by atoms with Crippen molar-refractivity contribution in [3.63, 3.8) is 0 Å². The second-order valence-electron chi connectivity index (χ2n) is 4.84. The molecule has 1 aromatic rings. The summed E-state index contributed by atoms with van der Waals surface area (Å²) >= 11 is 0. The van der Waals surface area contributed by atoms with Gasteiger partial charge in [0.05, 0.1) is 0 Å². The Balaban J connectivity index is 1.80. The molecule has 19 heavy (non-hydrogen) atoms. The number of fused-ring (bicyclic) bond motifs is 1. The van der Waals surface area contributed by atoms with Gasteiger partial charge in [0.25, 0.3) is 0 Å². The zero-order chi connectivity index (χ0) is 13.4. The van der Waals surface area contributed by atoms with Crippen molar-refractivity contribution in [2.24, 2.45) is 5.84 Å². The molecule has 0 bridgehead atoms. The lowest BCUT2D eigenvalue weighted by molar-refractivity contribution is -0.129. The van der Waals surface area contributed by atoms with Gasteiger partial charge in [-0.1, -0.05) is 0 Å². The minimum atomic E-state index is 0.190. The molecule has 5 N–H and O–H groups in total. The maximum absolute atomic E-state index is 11.6. The van der Waals surface area contributed by atoms with Gasteiger partial charge in [-0.25, -0.2) is 5.84 Å². The van der Waals surface area contributed by atoms with Gasteiger partial charge in [0, 0.05) is 38.2 Å². The van der Waals surface area contributed by atoms with Gasteiger partial charge >= 0.3 is 0 Å². The van der Waals surface area contributed by atoms with Gasteiger partial charge in [-0.2, -0.15) is 9.97 Å². The molecule has 1 atom stereocenters. The van der Waals surface area contributed by atoms with Gasteiger partial charge in [0.15, 0.2) is 0 Å². The Labute approximate surface area is 110 Å². The van der Waals surface area contributed by atoms with Crippen LogP contribution in [0.15, 0.2) is 6.07 Å². The number of hydrazine groups is 1. The zero-order valence-corrected chi connectivity index (χ0v) is 10.5. The normalized spacial score (nSPS) is 22.6. The number of rotatable bonds is 2. The molecule has 2 saturated heterocycles. The smallest absolute Gasteiger partial charge is 0.223 e. The van der Waals surface area contributed by atoms with E-state index in [2.05, 4.69) is 20.3 Å². The number of nitrogen functional groups attached to an aromatic ring is 2. The third kappa shape index (κ3) is 2.14. The quantitative estimate of drug-likeness (QED) is 0.470. The first-order chi connectivity index (χ1) is 9.17. The largest absolute Gasteiger partial charge is 0.368 e. The lowest BCUT2D eigenvalue weighted by atomic mass is 10.1. The van der Waals surface area contributed by atoms with Crippen molar-refractivity contribution < 1.29 is 4.79 Å². The Kier molecular flexibility index (Phi) is 2.86. The summed E-state index contributed by atoms with van der Waals surface area (Å²) in [6.45, 7) is 2.27. The van der Waals surface area contributed by atoms with Crippen molar-refractivity contribution in [3.8, 4) is 0 Å². The van der Waals surface area contributed by atoms with Gasteiger partial charge in [-0.15, -0.1) is 0 Å². The van der Waals surface area contributed by atoms with E-state index in [1.54, 1.807) is 6.07 Å². The number of carbonyl (C=O) groups is 1. The molecule has 102 valence electrons. The minimum Gasteiger partial charge on any atom is -0.368 e. The Morgan fingerprint density at radius 3 is 3.00 bits per heavy atom. The van der Waals surface area contributed by atoms with Crippen LogP contribution in [0.25, 0.3) is 0 Å². The minimum absolute atomic E-state index is 0.190. The first-order valence-corrected chi connectivity index (χ1v) is 6.33. The first kappa shape index (κ1) is 12.0. The number of aromatic nitrogens is 2. The number of nitrogens with zero attached hydrogens (tertiary/aromatic N) is 4. The molecule has 8 nitrogen and oxygen atoms in total. The number of piperazine rings is 1. The van der Waals surface area contributed by atoms with Crippen LogP contribution >= 0.6 is 0 Å². The van der Waals surface area contributed by atoms with Gasteiger partial charge < -0.3 is 21.0 Å². The van der Waals surface area contributed by atoms with Crippen LogP contribution in [-0.4, -0.2) is 46.5 Å². The highest BCUT2D eigenvalue weighted by molar-refractivity contribution is 5.79. The number of amides is 1. The number of hydrogen-bond acceptors (Lipinski definition) is 7. The molecule has 8 heteroatoms. The fraction of sp³-hybridized carbons (Fsp3) is 0.545. The summed E-state index contributed by atoms with van der Waals surface area (Å²) in [4.78, 5) is 23.9. The molecular formula is C11H17N7O. The summed E-state index contributed by atoms with van der Waals surface area (Å²) in [5.74, 6) is 7.05. The highest BCUT2D eigenvalue weighted by Crippen LogP contribution is 2.26. The fourth-order valence-corrected chi connectivity index (χ4v) is 2.76. The molecule has 0 aliphatic carbocycles. The monoisotopic (exact) mass is 263 g/mol. The molecule has 0 aromatic carbocycles. The van der Waals surface area contributed by atoms with Gasteiger partial charge in [-0.05, 0) is 6.42 Å². The molecule has 2 fully saturated rings. The van der Waals surface area contributed by atoms with Crippen LogP contribution in [0.2, 0.25) is 0 Å². The van der Waals surface area contributed by atoms with E-state index in [0.29, 0.717) is 12.2 Å². The van der Waals surface area contributed by atoms with Gasteiger partial charge in [0.1, 0.15) is 11.6 Å². The van der Waals surface area contributed by atoms with E-state index < -0.39 is 0 Å². The number of nitrogens with one attached hydrogen (secondary N) is 1. The second-order valence-corrected chi connectivity index (χ2v) is 4.84. The molecule has 3 rings (SSSR count). The fourth-order valence-electron chi connectivity index (χ4n) is 2.76. The van der Waals surface area contributed by atoms with Crippen LogP contribution in [0.5, 0.6) is 0 Å². The standard InChI is InChI=1S/C11H17N7O/c12-11-14-8(16-13)5-9(15-11)17-3-4-18-7(6-17)1-2-10(18)19/h5,7H,1-4,6,13H2,(H3,12,14,15,16). The highest BCUT2D eigenvalue weighted by Gasteiger charge is 2.35. The van der Waals surface area contributed by atoms with E-state index in [0.717, 1.165) is 31.9 Å². The van der Waals surface area contributed by atoms with Crippen LogP contribution < -0.4 is 21.9 Å². The van der Waals surface area contributed by atoms with Crippen LogP contribution in [0, 0.1) is 0 Å². The predicted octanol–water partition coefficient (Wildman–Crippen LogP) is -0.845. The summed E-state index contributed by atoms with van der Waals surface area (Å²) in [6, 6.07) is 2.05. The molecule has 0 saturated carbocycles.